The SMILES string of the molecule is COC(=O)c1cc(-c2ncccc2F)c(N)c([N+](=O)[O-])c1. The van der Waals surface area contributed by atoms with Gasteiger partial charge in [-0.3, -0.25) is 15.1 Å². The maximum absolute atomic E-state index is 13.8. The molecule has 0 spiro atoms. The lowest BCUT2D eigenvalue weighted by molar-refractivity contribution is -0.383. The Morgan fingerprint density at radius 3 is 2.76 bits per heavy atom. The second-order valence-electron chi connectivity index (χ2n) is 4.04. The van der Waals surface area contributed by atoms with Crippen LogP contribution in [0.5, 0.6) is 0 Å². The molecule has 21 heavy (non-hydrogen) atoms. The number of hydrogen-bond acceptors (Lipinski definition) is 6. The van der Waals surface area contributed by atoms with Crippen molar-refractivity contribution >= 4 is 17.3 Å². The quantitative estimate of drug-likeness (QED) is 0.402. The zero-order valence-electron chi connectivity index (χ0n) is 10.9. The van der Waals surface area contributed by atoms with E-state index in [1.165, 1.54) is 18.3 Å². The number of rotatable bonds is 3. The van der Waals surface area contributed by atoms with E-state index in [1.807, 2.05) is 0 Å². The summed E-state index contributed by atoms with van der Waals surface area (Å²) in [5, 5.41) is 11.0. The van der Waals surface area contributed by atoms with Crippen molar-refractivity contribution in [2.24, 2.45) is 0 Å². The fourth-order valence-electron chi connectivity index (χ4n) is 1.80. The number of methoxy groups -OCH3 is 1. The predicted molar refractivity (Wildman–Crippen MR) is 72.0 cm³/mol. The summed E-state index contributed by atoms with van der Waals surface area (Å²) in [4.78, 5) is 25.6. The van der Waals surface area contributed by atoms with Crippen molar-refractivity contribution in [2.75, 3.05) is 12.8 Å². The first kappa shape index (κ1) is 14.4. The van der Waals surface area contributed by atoms with Crippen molar-refractivity contribution in [3.8, 4) is 11.3 Å². The summed E-state index contributed by atoms with van der Waals surface area (Å²) < 4.78 is 18.3. The molecular weight excluding hydrogens is 281 g/mol. The standard InChI is InChI=1S/C13H10FN3O4/c1-21-13(18)7-5-8(11(15)10(6-7)17(19)20)12-9(14)3-2-4-16-12/h2-6H,15H2,1H3. The third-order valence-electron chi connectivity index (χ3n) is 2.79. The number of nitro benzene ring substituents is 1. The summed E-state index contributed by atoms with van der Waals surface area (Å²) in [6.45, 7) is 0. The van der Waals surface area contributed by atoms with Gasteiger partial charge >= 0.3 is 5.97 Å². The van der Waals surface area contributed by atoms with E-state index in [4.69, 9.17) is 5.73 Å². The molecule has 7 nitrogen and oxygen atoms in total. The van der Waals surface area contributed by atoms with Gasteiger partial charge in [0.05, 0.1) is 17.6 Å². The number of hydrogen-bond donors (Lipinski definition) is 1. The highest BCUT2D eigenvalue weighted by atomic mass is 19.1. The van der Waals surface area contributed by atoms with Gasteiger partial charge in [0.15, 0.2) is 0 Å². The molecule has 2 N–H and O–H groups in total. The van der Waals surface area contributed by atoms with E-state index in [2.05, 4.69) is 9.72 Å². The first-order valence-corrected chi connectivity index (χ1v) is 5.72. The Labute approximate surface area is 118 Å². The molecule has 1 aromatic carbocycles. The lowest BCUT2D eigenvalue weighted by Crippen LogP contribution is -2.06. The van der Waals surface area contributed by atoms with Crippen LogP contribution in [-0.2, 0) is 4.74 Å². The predicted octanol–water partition coefficient (Wildman–Crippen LogP) is 2.16. The smallest absolute Gasteiger partial charge is 0.338 e. The molecule has 1 aromatic heterocycles. The van der Waals surface area contributed by atoms with E-state index >= 15 is 0 Å². The van der Waals surface area contributed by atoms with Gasteiger partial charge < -0.3 is 10.5 Å². The Morgan fingerprint density at radius 1 is 1.48 bits per heavy atom. The van der Waals surface area contributed by atoms with Crippen LogP contribution in [0.1, 0.15) is 10.4 Å². The van der Waals surface area contributed by atoms with Crippen LogP contribution in [0.4, 0.5) is 15.8 Å². The number of nitrogens with zero attached hydrogens (tertiary/aromatic N) is 2. The average Bonchev–Trinajstić information content (AvgIpc) is 2.47. The normalized spacial score (nSPS) is 10.2. The average molecular weight is 291 g/mol. The fraction of sp³-hybridized carbons (Fsp3) is 0.0769. The van der Waals surface area contributed by atoms with E-state index in [0.29, 0.717) is 0 Å². The molecule has 0 aliphatic heterocycles. The molecular formula is C13H10FN3O4. The van der Waals surface area contributed by atoms with Crippen LogP contribution in [0.25, 0.3) is 11.3 Å². The molecule has 0 aliphatic rings. The summed E-state index contributed by atoms with van der Waals surface area (Å²) in [5.41, 5.74) is 4.58. The van der Waals surface area contributed by atoms with Gasteiger partial charge in [-0.15, -0.1) is 0 Å². The van der Waals surface area contributed by atoms with Gasteiger partial charge in [-0.1, -0.05) is 0 Å². The summed E-state index contributed by atoms with van der Waals surface area (Å²) >= 11 is 0. The molecule has 0 aliphatic carbocycles. The minimum atomic E-state index is -0.796. The third kappa shape index (κ3) is 2.64. The third-order valence-corrected chi connectivity index (χ3v) is 2.79. The van der Waals surface area contributed by atoms with Gasteiger partial charge in [-0.05, 0) is 18.2 Å². The number of nitrogens with two attached hydrogens (primary N) is 1. The number of nitro groups is 1. The Kier molecular flexibility index (Phi) is 3.79. The van der Waals surface area contributed by atoms with Gasteiger partial charge in [0, 0.05) is 17.8 Å². The number of halogens is 1. The fourth-order valence-corrected chi connectivity index (χ4v) is 1.80. The zero-order valence-corrected chi connectivity index (χ0v) is 10.9. The molecule has 0 unspecified atom stereocenters. The minimum absolute atomic E-state index is 0.0392. The van der Waals surface area contributed by atoms with E-state index in [1.54, 1.807) is 0 Å². The maximum atomic E-state index is 13.8. The van der Waals surface area contributed by atoms with Crippen LogP contribution < -0.4 is 5.73 Å². The molecule has 108 valence electrons. The lowest BCUT2D eigenvalue weighted by Gasteiger charge is -2.09. The molecule has 0 fully saturated rings. The van der Waals surface area contributed by atoms with Gasteiger partial charge in [0.1, 0.15) is 17.2 Å². The van der Waals surface area contributed by atoms with Gasteiger partial charge in [0.25, 0.3) is 5.69 Å². The van der Waals surface area contributed by atoms with E-state index in [0.717, 1.165) is 19.2 Å². The Balaban J connectivity index is 2.76. The summed E-state index contributed by atoms with van der Waals surface area (Å²) in [6, 6.07) is 4.69. The van der Waals surface area contributed by atoms with Crippen LogP contribution in [0.2, 0.25) is 0 Å². The van der Waals surface area contributed by atoms with Crippen molar-refractivity contribution in [1.29, 1.82) is 0 Å². The highest BCUT2D eigenvalue weighted by molar-refractivity contribution is 5.95. The number of benzene rings is 1. The second kappa shape index (κ2) is 5.53. The molecule has 0 saturated heterocycles. The van der Waals surface area contributed by atoms with Crippen LogP contribution in [0.15, 0.2) is 30.5 Å². The Bertz CT molecular complexity index is 733. The van der Waals surface area contributed by atoms with Crippen molar-refractivity contribution in [3.05, 3.63) is 52.0 Å². The minimum Gasteiger partial charge on any atom is -0.465 e. The zero-order chi connectivity index (χ0) is 15.6. The molecule has 2 rings (SSSR count). The summed E-state index contributed by atoms with van der Waals surface area (Å²) in [5.74, 6) is -1.50. The number of aromatic nitrogens is 1. The Morgan fingerprint density at radius 2 is 2.19 bits per heavy atom. The van der Waals surface area contributed by atoms with Gasteiger partial charge in [-0.25, -0.2) is 9.18 Å². The topological polar surface area (TPSA) is 108 Å². The highest BCUT2D eigenvalue weighted by Crippen LogP contribution is 2.35. The monoisotopic (exact) mass is 291 g/mol. The largest absolute Gasteiger partial charge is 0.465 e. The van der Waals surface area contributed by atoms with Crippen molar-refractivity contribution < 1.29 is 18.8 Å². The maximum Gasteiger partial charge on any atom is 0.338 e. The Hall–Kier alpha value is -3.03. The van der Waals surface area contributed by atoms with Crippen LogP contribution in [0.3, 0.4) is 0 Å². The van der Waals surface area contributed by atoms with Crippen LogP contribution in [-0.4, -0.2) is 23.0 Å². The molecule has 0 amide bonds. The first-order chi connectivity index (χ1) is 9.95. The van der Waals surface area contributed by atoms with Crippen LogP contribution in [0, 0.1) is 15.9 Å². The number of carbonyl (C=O) groups excluding carboxylic acids is 1. The molecule has 0 bridgehead atoms. The number of anilines is 1. The van der Waals surface area contributed by atoms with E-state index in [-0.39, 0.29) is 22.5 Å². The first-order valence-electron chi connectivity index (χ1n) is 5.72. The highest BCUT2D eigenvalue weighted by Gasteiger charge is 2.23. The lowest BCUT2D eigenvalue weighted by atomic mass is 10.0. The summed E-state index contributed by atoms with van der Waals surface area (Å²) in [6.07, 6.45) is 1.31. The molecule has 0 atom stereocenters. The van der Waals surface area contributed by atoms with Crippen molar-refractivity contribution in [2.45, 2.75) is 0 Å². The molecule has 0 radical (unpaired) electrons. The van der Waals surface area contributed by atoms with Gasteiger partial charge in [-0.2, -0.15) is 0 Å². The number of esters is 1. The number of nitrogen functional groups attached to an aromatic ring is 1. The van der Waals surface area contributed by atoms with Crippen molar-refractivity contribution in [3.63, 3.8) is 0 Å². The van der Waals surface area contributed by atoms with Gasteiger partial charge in [0.2, 0.25) is 0 Å². The molecule has 0 saturated carbocycles. The van der Waals surface area contributed by atoms with E-state index in [9.17, 15) is 19.3 Å². The van der Waals surface area contributed by atoms with Crippen LogP contribution >= 0.6 is 0 Å². The molecule has 1 heterocycles. The van der Waals surface area contributed by atoms with E-state index < -0.39 is 22.4 Å². The molecule has 8 heteroatoms. The number of pyridine rings is 1. The van der Waals surface area contributed by atoms with Crippen molar-refractivity contribution in [1.82, 2.24) is 4.98 Å². The number of ether oxygens (including phenoxy) is 1. The summed E-state index contributed by atoms with van der Waals surface area (Å²) in [7, 11) is 1.13. The second-order valence-corrected chi connectivity index (χ2v) is 4.04. The molecule has 2 aromatic rings. The number of carbonyl (C=O) groups is 1.